The third-order valence-electron chi connectivity index (χ3n) is 4.17. The molecular formula is C13H16N2O2. The van der Waals surface area contributed by atoms with Gasteiger partial charge in [0.1, 0.15) is 5.75 Å². The Hall–Kier alpha value is -1.58. The van der Waals surface area contributed by atoms with E-state index in [1.807, 2.05) is 4.90 Å². The molecule has 0 radical (unpaired) electrons. The summed E-state index contributed by atoms with van der Waals surface area (Å²) in [5.74, 6) is -0.0827. The van der Waals surface area contributed by atoms with Crippen LogP contribution in [0.3, 0.4) is 0 Å². The van der Waals surface area contributed by atoms with Crippen LogP contribution in [0.4, 0.5) is 0 Å². The van der Waals surface area contributed by atoms with E-state index >= 15 is 0 Å². The third kappa shape index (κ3) is 1.68. The molecule has 1 amide bonds. The number of aromatic nitrogens is 1. The van der Waals surface area contributed by atoms with Crippen LogP contribution in [0.15, 0.2) is 18.5 Å². The fourth-order valence-corrected chi connectivity index (χ4v) is 2.93. The molecular weight excluding hydrogens is 216 g/mol. The van der Waals surface area contributed by atoms with Gasteiger partial charge in [-0.2, -0.15) is 0 Å². The number of carbonyl (C=O) groups is 1. The average Bonchev–Trinajstić information content (AvgIpc) is 2.73. The van der Waals surface area contributed by atoms with E-state index in [0.29, 0.717) is 11.0 Å². The van der Waals surface area contributed by atoms with Gasteiger partial charge in [-0.3, -0.25) is 9.78 Å². The van der Waals surface area contributed by atoms with Crippen LogP contribution in [-0.4, -0.2) is 34.0 Å². The van der Waals surface area contributed by atoms with Crippen LogP contribution in [0.1, 0.15) is 36.0 Å². The lowest BCUT2D eigenvalue weighted by atomic mass is 9.68. The van der Waals surface area contributed by atoms with Gasteiger partial charge in [-0.15, -0.1) is 0 Å². The number of amides is 1. The molecule has 1 spiro atoms. The van der Waals surface area contributed by atoms with E-state index in [-0.39, 0.29) is 11.7 Å². The molecule has 1 aliphatic carbocycles. The molecule has 1 saturated heterocycles. The molecule has 2 aliphatic rings. The number of carbonyl (C=O) groups excluding carboxylic acids is 1. The molecule has 2 heterocycles. The van der Waals surface area contributed by atoms with E-state index in [1.54, 1.807) is 12.3 Å². The summed E-state index contributed by atoms with van der Waals surface area (Å²) in [4.78, 5) is 17.9. The molecule has 0 unspecified atom stereocenters. The highest BCUT2D eigenvalue weighted by atomic mass is 16.3. The number of nitrogens with zero attached hydrogens (tertiary/aromatic N) is 2. The number of likely N-dealkylation sites (tertiary alicyclic amines) is 1. The van der Waals surface area contributed by atoms with Crippen LogP contribution >= 0.6 is 0 Å². The van der Waals surface area contributed by atoms with Gasteiger partial charge in [-0.25, -0.2) is 0 Å². The molecule has 1 saturated carbocycles. The van der Waals surface area contributed by atoms with Crippen molar-refractivity contribution in [2.45, 2.75) is 25.7 Å². The van der Waals surface area contributed by atoms with E-state index in [1.165, 1.54) is 25.5 Å². The van der Waals surface area contributed by atoms with Crippen molar-refractivity contribution < 1.29 is 9.90 Å². The summed E-state index contributed by atoms with van der Waals surface area (Å²) in [6.07, 6.45) is 7.77. The predicted octanol–water partition coefficient (Wildman–Crippen LogP) is 1.80. The van der Waals surface area contributed by atoms with Gasteiger partial charge in [0.25, 0.3) is 5.91 Å². The van der Waals surface area contributed by atoms with Crippen LogP contribution in [0.2, 0.25) is 0 Å². The molecule has 3 rings (SSSR count). The van der Waals surface area contributed by atoms with Crippen LogP contribution in [0.25, 0.3) is 0 Å². The first kappa shape index (κ1) is 10.6. The number of pyridine rings is 1. The smallest absolute Gasteiger partial charge is 0.257 e. The largest absolute Gasteiger partial charge is 0.505 e. The van der Waals surface area contributed by atoms with E-state index in [4.69, 9.17) is 0 Å². The molecule has 1 N–H and O–H groups in total. The molecule has 1 aromatic rings. The Morgan fingerprint density at radius 3 is 2.82 bits per heavy atom. The normalized spacial score (nSPS) is 21.5. The van der Waals surface area contributed by atoms with Crippen LogP contribution in [0, 0.1) is 5.41 Å². The van der Waals surface area contributed by atoms with Crippen molar-refractivity contribution in [3.63, 3.8) is 0 Å². The minimum absolute atomic E-state index is 0.0212. The molecule has 1 aromatic heterocycles. The second-order valence-corrected chi connectivity index (χ2v) is 5.22. The molecule has 4 nitrogen and oxygen atoms in total. The van der Waals surface area contributed by atoms with Crippen molar-refractivity contribution in [1.29, 1.82) is 0 Å². The fraction of sp³-hybridized carbons (Fsp3) is 0.538. The summed E-state index contributed by atoms with van der Waals surface area (Å²) in [6.45, 7) is 1.67. The number of hydrogen-bond acceptors (Lipinski definition) is 3. The van der Waals surface area contributed by atoms with Gasteiger partial charge in [0.05, 0.1) is 11.8 Å². The van der Waals surface area contributed by atoms with Crippen LogP contribution in [-0.2, 0) is 0 Å². The molecule has 1 aliphatic heterocycles. The number of hydrogen-bond donors (Lipinski definition) is 1. The molecule has 2 fully saturated rings. The minimum Gasteiger partial charge on any atom is -0.505 e. The van der Waals surface area contributed by atoms with Gasteiger partial charge < -0.3 is 10.0 Å². The summed E-state index contributed by atoms with van der Waals surface area (Å²) < 4.78 is 0. The summed E-state index contributed by atoms with van der Waals surface area (Å²) in [7, 11) is 0. The highest BCUT2D eigenvalue weighted by Gasteiger charge is 2.44. The van der Waals surface area contributed by atoms with Crippen molar-refractivity contribution in [2.75, 3.05) is 13.1 Å². The zero-order chi connectivity index (χ0) is 11.9. The van der Waals surface area contributed by atoms with Gasteiger partial charge in [0.2, 0.25) is 0 Å². The second-order valence-electron chi connectivity index (χ2n) is 5.22. The van der Waals surface area contributed by atoms with E-state index in [0.717, 1.165) is 19.5 Å². The monoisotopic (exact) mass is 232 g/mol. The van der Waals surface area contributed by atoms with E-state index in [9.17, 15) is 9.90 Å². The van der Waals surface area contributed by atoms with Gasteiger partial charge in [0, 0.05) is 19.3 Å². The van der Waals surface area contributed by atoms with Crippen molar-refractivity contribution in [3.05, 3.63) is 24.0 Å². The maximum atomic E-state index is 12.2. The molecule has 0 aromatic carbocycles. The topological polar surface area (TPSA) is 53.4 Å². The SMILES string of the molecule is O=C(c1ccncc1O)N1CCC2(CCC2)C1. The zero-order valence-corrected chi connectivity index (χ0v) is 9.72. The van der Waals surface area contributed by atoms with Gasteiger partial charge >= 0.3 is 0 Å². The van der Waals surface area contributed by atoms with Gasteiger partial charge in [-0.05, 0) is 30.7 Å². The summed E-state index contributed by atoms with van der Waals surface area (Å²) in [5.41, 5.74) is 0.773. The second kappa shape index (κ2) is 3.72. The van der Waals surface area contributed by atoms with Crippen molar-refractivity contribution in [1.82, 2.24) is 9.88 Å². The highest BCUT2D eigenvalue weighted by molar-refractivity contribution is 5.96. The Morgan fingerprint density at radius 2 is 2.24 bits per heavy atom. The van der Waals surface area contributed by atoms with E-state index in [2.05, 4.69) is 4.98 Å². The zero-order valence-electron chi connectivity index (χ0n) is 9.72. The first-order valence-electron chi connectivity index (χ1n) is 6.13. The lowest BCUT2D eigenvalue weighted by Crippen LogP contribution is -2.35. The van der Waals surface area contributed by atoms with Crippen molar-refractivity contribution in [2.24, 2.45) is 5.41 Å². The first-order chi connectivity index (χ1) is 8.20. The lowest BCUT2D eigenvalue weighted by molar-refractivity contribution is 0.0729. The molecule has 0 atom stereocenters. The fourth-order valence-electron chi connectivity index (χ4n) is 2.93. The van der Waals surface area contributed by atoms with Crippen LogP contribution < -0.4 is 0 Å². The standard InChI is InChI=1S/C13H16N2O2/c16-11-8-14-6-2-10(11)12(17)15-7-5-13(9-15)3-1-4-13/h2,6,8,16H,1,3-5,7,9H2. The Morgan fingerprint density at radius 1 is 1.41 bits per heavy atom. The first-order valence-corrected chi connectivity index (χ1v) is 6.13. The summed E-state index contributed by atoms with van der Waals surface area (Å²) in [6, 6.07) is 1.59. The Balaban J connectivity index is 1.77. The van der Waals surface area contributed by atoms with E-state index < -0.39 is 0 Å². The summed E-state index contributed by atoms with van der Waals surface area (Å²) >= 11 is 0. The number of aromatic hydroxyl groups is 1. The van der Waals surface area contributed by atoms with Gasteiger partial charge in [-0.1, -0.05) is 6.42 Å². The number of rotatable bonds is 1. The molecule has 17 heavy (non-hydrogen) atoms. The third-order valence-corrected chi connectivity index (χ3v) is 4.17. The average molecular weight is 232 g/mol. The van der Waals surface area contributed by atoms with Gasteiger partial charge in [0.15, 0.2) is 0 Å². The molecule has 4 heteroatoms. The summed E-state index contributed by atoms with van der Waals surface area (Å²) in [5, 5.41) is 9.63. The molecule has 90 valence electrons. The van der Waals surface area contributed by atoms with Crippen molar-refractivity contribution in [3.8, 4) is 5.75 Å². The maximum absolute atomic E-state index is 12.2. The highest BCUT2D eigenvalue weighted by Crippen LogP contribution is 2.48. The predicted molar refractivity (Wildman–Crippen MR) is 62.7 cm³/mol. The quantitative estimate of drug-likeness (QED) is 0.803. The lowest BCUT2D eigenvalue weighted by Gasteiger charge is -2.37. The minimum atomic E-state index is -0.0614. The molecule has 0 bridgehead atoms. The Bertz CT molecular complexity index is 454. The van der Waals surface area contributed by atoms with Crippen molar-refractivity contribution >= 4 is 5.91 Å². The van der Waals surface area contributed by atoms with Crippen LogP contribution in [0.5, 0.6) is 5.75 Å². The Labute approximate surface area is 100 Å². The maximum Gasteiger partial charge on any atom is 0.257 e. The Kier molecular flexibility index (Phi) is 2.31.